The second-order valence-corrected chi connectivity index (χ2v) is 7.77. The second kappa shape index (κ2) is 19.2. The average molecular weight is 531 g/mol. The number of fused-ring (bicyclic) bond motifs is 3. The smallest absolute Gasteiger partial charge is 0.00262 e. The van der Waals surface area contributed by atoms with Gasteiger partial charge in [-0.1, -0.05) is 178 Å². The van der Waals surface area contributed by atoms with E-state index in [2.05, 4.69) is 121 Å². The molecule has 0 nitrogen and oxygen atoms in total. The molecule has 0 amide bonds. The first-order valence-electron chi connectivity index (χ1n) is 15.4. The molecule has 0 saturated carbocycles. The molecule has 0 bridgehead atoms. The standard InChI is InChI=1S/C30H20.5C2H6/c1-3-11-21(12-4-1)29-25-17-9-10-18-26(25)30(22-13-5-2-6-14-22)28-20-24-16-8-7-15-23(24)19-27(28)29;5*1-2/h1-20H;5*1-2H3. The lowest BCUT2D eigenvalue weighted by Crippen LogP contribution is -1.91. The topological polar surface area (TPSA) is 0 Å². The summed E-state index contributed by atoms with van der Waals surface area (Å²) in [5.74, 6) is 0. The molecular weight excluding hydrogens is 480 g/mol. The van der Waals surface area contributed by atoms with E-state index in [1.165, 1.54) is 54.6 Å². The van der Waals surface area contributed by atoms with Crippen molar-refractivity contribution in [3.05, 3.63) is 121 Å². The first kappa shape index (κ1) is 34.1. The van der Waals surface area contributed by atoms with Crippen LogP contribution in [-0.4, -0.2) is 0 Å². The van der Waals surface area contributed by atoms with Crippen molar-refractivity contribution in [3.63, 3.8) is 0 Å². The SMILES string of the molecule is CC.CC.CC.CC.CC.c1ccc(-c2c3ccccc3c(-c3ccccc3)c3cc4ccccc4cc23)cc1. The minimum atomic E-state index is 1.26. The zero-order valence-electron chi connectivity index (χ0n) is 26.5. The van der Waals surface area contributed by atoms with Gasteiger partial charge in [-0.15, -0.1) is 0 Å². The molecule has 0 aliphatic heterocycles. The molecule has 210 valence electrons. The van der Waals surface area contributed by atoms with E-state index in [1.807, 2.05) is 69.2 Å². The molecule has 6 aromatic rings. The Morgan fingerprint density at radius 2 is 0.550 bits per heavy atom. The normalized spacial score (nSPS) is 9.25. The van der Waals surface area contributed by atoms with Crippen LogP contribution in [0.4, 0.5) is 0 Å². The maximum atomic E-state index is 2.37. The molecule has 0 atom stereocenters. The zero-order chi connectivity index (χ0) is 29.9. The molecule has 0 radical (unpaired) electrons. The van der Waals surface area contributed by atoms with Crippen molar-refractivity contribution >= 4 is 32.3 Å². The van der Waals surface area contributed by atoms with Crippen LogP contribution in [0, 0.1) is 0 Å². The van der Waals surface area contributed by atoms with Crippen LogP contribution in [0.5, 0.6) is 0 Å². The van der Waals surface area contributed by atoms with Gasteiger partial charge in [0.25, 0.3) is 0 Å². The first-order chi connectivity index (χ1) is 19.9. The number of hydrogen-bond acceptors (Lipinski definition) is 0. The fourth-order valence-corrected chi connectivity index (χ4v) is 4.69. The van der Waals surface area contributed by atoms with Crippen LogP contribution in [0.2, 0.25) is 0 Å². The van der Waals surface area contributed by atoms with E-state index in [4.69, 9.17) is 0 Å². The van der Waals surface area contributed by atoms with Crippen molar-refractivity contribution < 1.29 is 0 Å². The number of rotatable bonds is 2. The Morgan fingerprint density at radius 3 is 0.875 bits per heavy atom. The molecule has 0 fully saturated rings. The summed E-state index contributed by atoms with van der Waals surface area (Å²) >= 11 is 0. The van der Waals surface area contributed by atoms with Gasteiger partial charge in [-0.05, 0) is 66.7 Å². The summed E-state index contributed by atoms with van der Waals surface area (Å²) in [7, 11) is 0. The summed E-state index contributed by atoms with van der Waals surface area (Å²) in [5, 5.41) is 7.75. The molecule has 40 heavy (non-hydrogen) atoms. The van der Waals surface area contributed by atoms with E-state index in [-0.39, 0.29) is 0 Å². The Balaban J connectivity index is 0.000000726. The van der Waals surface area contributed by atoms with Gasteiger partial charge in [-0.25, -0.2) is 0 Å². The van der Waals surface area contributed by atoms with Gasteiger partial charge in [0.1, 0.15) is 0 Å². The summed E-state index contributed by atoms with van der Waals surface area (Å²) in [4.78, 5) is 0. The Kier molecular flexibility index (Phi) is 16.4. The molecule has 0 heteroatoms. The molecule has 0 unspecified atom stereocenters. The molecule has 0 aliphatic carbocycles. The molecule has 0 aliphatic rings. The number of hydrogen-bond donors (Lipinski definition) is 0. The van der Waals surface area contributed by atoms with Gasteiger partial charge < -0.3 is 0 Å². The minimum absolute atomic E-state index is 1.26. The van der Waals surface area contributed by atoms with Crippen molar-refractivity contribution in [2.75, 3.05) is 0 Å². The quantitative estimate of drug-likeness (QED) is 0.195. The fraction of sp³-hybridized carbons (Fsp3) is 0.250. The molecule has 0 saturated heterocycles. The highest BCUT2D eigenvalue weighted by Crippen LogP contribution is 2.44. The highest BCUT2D eigenvalue weighted by molar-refractivity contribution is 6.23. The molecule has 0 heterocycles. The van der Waals surface area contributed by atoms with Crippen molar-refractivity contribution in [2.45, 2.75) is 69.2 Å². The van der Waals surface area contributed by atoms with Crippen LogP contribution in [0.3, 0.4) is 0 Å². The van der Waals surface area contributed by atoms with Crippen LogP contribution in [-0.2, 0) is 0 Å². The molecular formula is C40H50. The van der Waals surface area contributed by atoms with E-state index < -0.39 is 0 Å². The predicted octanol–water partition coefficient (Wildman–Crippen LogP) is 13.6. The van der Waals surface area contributed by atoms with Gasteiger partial charge in [-0.3, -0.25) is 0 Å². The van der Waals surface area contributed by atoms with Crippen LogP contribution < -0.4 is 0 Å². The van der Waals surface area contributed by atoms with Gasteiger partial charge in [-0.2, -0.15) is 0 Å². The lowest BCUT2D eigenvalue weighted by molar-refractivity contribution is 1.50. The zero-order valence-corrected chi connectivity index (χ0v) is 26.5. The van der Waals surface area contributed by atoms with E-state index in [1.54, 1.807) is 0 Å². The Labute approximate surface area is 244 Å². The van der Waals surface area contributed by atoms with Gasteiger partial charge >= 0.3 is 0 Å². The van der Waals surface area contributed by atoms with Gasteiger partial charge in [0.05, 0.1) is 0 Å². The molecule has 0 N–H and O–H groups in total. The maximum absolute atomic E-state index is 2.37. The van der Waals surface area contributed by atoms with Gasteiger partial charge in [0, 0.05) is 0 Å². The molecule has 0 spiro atoms. The van der Waals surface area contributed by atoms with Crippen molar-refractivity contribution in [3.8, 4) is 22.3 Å². The summed E-state index contributed by atoms with van der Waals surface area (Å²) in [5.41, 5.74) is 5.14. The summed E-state index contributed by atoms with van der Waals surface area (Å²) < 4.78 is 0. The fourth-order valence-electron chi connectivity index (χ4n) is 4.69. The Morgan fingerprint density at radius 1 is 0.275 bits per heavy atom. The Hall–Kier alpha value is -3.90. The molecule has 6 aromatic carbocycles. The van der Waals surface area contributed by atoms with Crippen LogP contribution in [0.25, 0.3) is 54.6 Å². The van der Waals surface area contributed by atoms with E-state index in [0.29, 0.717) is 0 Å². The highest BCUT2D eigenvalue weighted by atomic mass is 14.2. The van der Waals surface area contributed by atoms with Crippen molar-refractivity contribution in [1.82, 2.24) is 0 Å². The molecule has 0 aromatic heterocycles. The van der Waals surface area contributed by atoms with Crippen LogP contribution in [0.15, 0.2) is 121 Å². The highest BCUT2D eigenvalue weighted by Gasteiger charge is 2.16. The first-order valence-corrected chi connectivity index (χ1v) is 15.4. The van der Waals surface area contributed by atoms with Crippen LogP contribution >= 0.6 is 0 Å². The third-order valence-corrected chi connectivity index (χ3v) is 6.02. The lowest BCUT2D eigenvalue weighted by Gasteiger charge is -2.18. The van der Waals surface area contributed by atoms with Crippen LogP contribution in [0.1, 0.15) is 69.2 Å². The lowest BCUT2D eigenvalue weighted by atomic mass is 9.85. The number of benzene rings is 6. The van der Waals surface area contributed by atoms with Gasteiger partial charge in [0.15, 0.2) is 0 Å². The average Bonchev–Trinajstić information content (AvgIpc) is 3.08. The van der Waals surface area contributed by atoms with E-state index >= 15 is 0 Å². The van der Waals surface area contributed by atoms with E-state index in [0.717, 1.165) is 0 Å². The molecule has 6 rings (SSSR count). The Bertz CT molecular complexity index is 1390. The van der Waals surface area contributed by atoms with E-state index in [9.17, 15) is 0 Å². The maximum Gasteiger partial charge on any atom is -0.00262 e. The van der Waals surface area contributed by atoms with Crippen molar-refractivity contribution in [1.29, 1.82) is 0 Å². The minimum Gasteiger partial charge on any atom is -0.0683 e. The third-order valence-electron chi connectivity index (χ3n) is 6.02. The third kappa shape index (κ3) is 7.60. The predicted molar refractivity (Wildman–Crippen MR) is 187 cm³/mol. The summed E-state index contributed by atoms with van der Waals surface area (Å²) in [6.07, 6.45) is 0. The van der Waals surface area contributed by atoms with Crippen molar-refractivity contribution in [2.24, 2.45) is 0 Å². The largest absolute Gasteiger partial charge is 0.0683 e. The van der Waals surface area contributed by atoms with Gasteiger partial charge in [0.2, 0.25) is 0 Å². The summed E-state index contributed by atoms with van der Waals surface area (Å²) in [6.45, 7) is 20.0. The summed E-state index contributed by atoms with van der Waals surface area (Å²) in [6, 6.07) is 43.8. The second-order valence-electron chi connectivity index (χ2n) is 7.77. The monoisotopic (exact) mass is 530 g/mol.